The number of likely N-dealkylation sites (N-methyl/N-ethyl adjacent to an activating group) is 1. The average Bonchev–Trinajstić information content (AvgIpc) is 3.28. The fraction of sp³-hybridized carbons (Fsp3) is 0.476. The predicted molar refractivity (Wildman–Crippen MR) is 131 cm³/mol. The molecule has 0 aliphatic carbocycles. The number of amides is 1. The number of nitrogens with zero attached hydrogens (tertiary/aromatic N) is 5. The molecule has 2 unspecified atom stereocenters. The number of benzene rings is 1. The lowest BCUT2D eigenvalue weighted by molar-refractivity contribution is -0.117. The van der Waals surface area contributed by atoms with Crippen LogP contribution in [0.3, 0.4) is 0 Å². The van der Waals surface area contributed by atoms with Crippen LogP contribution in [0.1, 0.15) is 24.9 Å². The van der Waals surface area contributed by atoms with Gasteiger partial charge in [-0.3, -0.25) is 14.5 Å². The molecule has 1 fully saturated rings. The Labute approximate surface area is 195 Å². The summed E-state index contributed by atoms with van der Waals surface area (Å²) < 4.78 is 1.81. The molecule has 2 aromatic rings. The van der Waals surface area contributed by atoms with E-state index in [1.54, 1.807) is 4.68 Å². The highest BCUT2D eigenvalue weighted by Gasteiger charge is 2.31. The van der Waals surface area contributed by atoms with E-state index in [0.717, 1.165) is 23.8 Å². The number of guanidine groups is 1. The zero-order valence-electron chi connectivity index (χ0n) is 18.1. The summed E-state index contributed by atoms with van der Waals surface area (Å²) in [6, 6.07) is 9.95. The van der Waals surface area contributed by atoms with Gasteiger partial charge in [0.1, 0.15) is 0 Å². The molecular weight excluding hydrogens is 493 g/mol. The first-order chi connectivity index (χ1) is 14.0. The highest BCUT2D eigenvalue weighted by atomic mass is 127. The standard InChI is InChI=1S/C21H31N7O.HI/c1-5-22-21(23-13-19(26(2)3)16-12-24-27(4)14-16)25-17-11-20(29)28(15-17)18-9-7-6-8-10-18;/h6-10,12,14,17,19H,5,11,13,15H2,1-4H3,(H2,22,23,25);1H. The van der Waals surface area contributed by atoms with E-state index in [-0.39, 0.29) is 42.0 Å². The number of carbonyl (C=O) groups is 1. The third-order valence-corrected chi connectivity index (χ3v) is 5.03. The lowest BCUT2D eigenvalue weighted by Gasteiger charge is -2.23. The molecule has 1 saturated heterocycles. The van der Waals surface area contributed by atoms with Crippen molar-refractivity contribution in [1.82, 2.24) is 25.3 Å². The van der Waals surface area contributed by atoms with E-state index in [1.807, 2.05) is 75.7 Å². The Morgan fingerprint density at radius 3 is 2.67 bits per heavy atom. The van der Waals surface area contributed by atoms with Crippen molar-refractivity contribution in [2.24, 2.45) is 12.0 Å². The zero-order chi connectivity index (χ0) is 20.8. The third-order valence-electron chi connectivity index (χ3n) is 5.03. The summed E-state index contributed by atoms with van der Waals surface area (Å²) in [5.41, 5.74) is 2.07. The Hall–Kier alpha value is -2.14. The van der Waals surface area contributed by atoms with Gasteiger partial charge in [-0.2, -0.15) is 5.10 Å². The summed E-state index contributed by atoms with van der Waals surface area (Å²) in [6.45, 7) is 4.02. The van der Waals surface area contributed by atoms with Crippen molar-refractivity contribution in [1.29, 1.82) is 0 Å². The monoisotopic (exact) mass is 525 g/mol. The van der Waals surface area contributed by atoms with Gasteiger partial charge in [-0.05, 0) is 33.2 Å². The molecule has 3 rings (SSSR count). The zero-order valence-corrected chi connectivity index (χ0v) is 20.4. The first-order valence-electron chi connectivity index (χ1n) is 10.0. The molecule has 1 aromatic carbocycles. The van der Waals surface area contributed by atoms with Gasteiger partial charge in [-0.15, -0.1) is 24.0 Å². The number of aromatic nitrogens is 2. The molecule has 0 bridgehead atoms. The molecule has 2 atom stereocenters. The van der Waals surface area contributed by atoms with Gasteiger partial charge in [0.2, 0.25) is 5.91 Å². The molecule has 0 saturated carbocycles. The van der Waals surface area contributed by atoms with E-state index in [1.165, 1.54) is 0 Å². The largest absolute Gasteiger partial charge is 0.357 e. The van der Waals surface area contributed by atoms with E-state index < -0.39 is 0 Å². The third kappa shape index (κ3) is 6.18. The number of anilines is 1. The minimum absolute atomic E-state index is 0. The summed E-state index contributed by atoms with van der Waals surface area (Å²) >= 11 is 0. The summed E-state index contributed by atoms with van der Waals surface area (Å²) in [7, 11) is 6.00. The summed E-state index contributed by atoms with van der Waals surface area (Å²) in [6.07, 6.45) is 4.36. The molecule has 0 radical (unpaired) electrons. The molecule has 8 nitrogen and oxygen atoms in total. The Bertz CT molecular complexity index is 837. The second-order valence-corrected chi connectivity index (χ2v) is 7.53. The van der Waals surface area contributed by atoms with Crippen LogP contribution in [0.5, 0.6) is 0 Å². The molecular formula is C21H32IN7O. The number of para-hydroxylation sites is 1. The fourth-order valence-corrected chi connectivity index (χ4v) is 3.53. The van der Waals surface area contributed by atoms with Crippen molar-refractivity contribution in [2.45, 2.75) is 25.4 Å². The highest BCUT2D eigenvalue weighted by Crippen LogP contribution is 2.21. The number of hydrogen-bond acceptors (Lipinski definition) is 4. The average molecular weight is 525 g/mol. The minimum Gasteiger partial charge on any atom is -0.357 e. The molecule has 0 spiro atoms. The number of nitrogens with one attached hydrogen (secondary N) is 2. The maximum absolute atomic E-state index is 12.5. The van der Waals surface area contributed by atoms with Crippen LogP contribution in [0.4, 0.5) is 5.69 Å². The highest BCUT2D eigenvalue weighted by molar-refractivity contribution is 14.0. The second-order valence-electron chi connectivity index (χ2n) is 7.53. The van der Waals surface area contributed by atoms with E-state index in [9.17, 15) is 4.79 Å². The molecule has 9 heteroatoms. The van der Waals surface area contributed by atoms with E-state index in [0.29, 0.717) is 19.5 Å². The molecule has 2 N–H and O–H groups in total. The Kier molecular flexibility index (Phi) is 9.09. The topological polar surface area (TPSA) is 77.8 Å². The van der Waals surface area contributed by atoms with Crippen molar-refractivity contribution in [3.05, 3.63) is 48.3 Å². The van der Waals surface area contributed by atoms with Gasteiger partial charge in [0, 0.05) is 44.0 Å². The minimum atomic E-state index is 0. The molecule has 2 heterocycles. The quantitative estimate of drug-likeness (QED) is 0.329. The number of hydrogen-bond donors (Lipinski definition) is 2. The van der Waals surface area contributed by atoms with Gasteiger partial charge < -0.3 is 20.4 Å². The Morgan fingerprint density at radius 2 is 2.07 bits per heavy atom. The second kappa shape index (κ2) is 11.3. The van der Waals surface area contributed by atoms with Crippen LogP contribution in [-0.2, 0) is 11.8 Å². The Morgan fingerprint density at radius 1 is 1.33 bits per heavy atom. The van der Waals surface area contributed by atoms with E-state index in [2.05, 4.69) is 20.6 Å². The van der Waals surface area contributed by atoms with Crippen LogP contribution in [0.2, 0.25) is 0 Å². The maximum Gasteiger partial charge on any atom is 0.229 e. The van der Waals surface area contributed by atoms with Gasteiger partial charge in [-0.1, -0.05) is 18.2 Å². The summed E-state index contributed by atoms with van der Waals surface area (Å²) in [5.74, 6) is 0.863. The number of aryl methyl sites for hydroxylation is 1. The maximum atomic E-state index is 12.5. The predicted octanol–water partition coefficient (Wildman–Crippen LogP) is 2.00. The molecule has 164 valence electrons. The van der Waals surface area contributed by atoms with Crippen molar-refractivity contribution in [3.8, 4) is 0 Å². The van der Waals surface area contributed by atoms with Gasteiger partial charge in [0.15, 0.2) is 5.96 Å². The van der Waals surface area contributed by atoms with Crippen molar-refractivity contribution in [2.75, 3.05) is 38.6 Å². The SMILES string of the molecule is CCNC(=NCC(c1cnn(C)c1)N(C)C)NC1CC(=O)N(c2ccccc2)C1.I. The smallest absolute Gasteiger partial charge is 0.229 e. The van der Waals surface area contributed by atoms with Crippen LogP contribution < -0.4 is 15.5 Å². The van der Waals surface area contributed by atoms with Crippen LogP contribution >= 0.6 is 24.0 Å². The molecule has 1 aliphatic heterocycles. The number of halogens is 1. The molecule has 1 amide bonds. The van der Waals surface area contributed by atoms with Crippen molar-refractivity contribution < 1.29 is 4.79 Å². The lowest BCUT2D eigenvalue weighted by atomic mass is 10.1. The van der Waals surface area contributed by atoms with Gasteiger partial charge in [0.25, 0.3) is 0 Å². The first kappa shape index (κ1) is 24.1. The number of rotatable bonds is 7. The van der Waals surface area contributed by atoms with Crippen LogP contribution in [-0.4, -0.2) is 66.3 Å². The van der Waals surface area contributed by atoms with Gasteiger partial charge >= 0.3 is 0 Å². The van der Waals surface area contributed by atoms with Crippen LogP contribution in [0, 0.1) is 0 Å². The fourth-order valence-electron chi connectivity index (χ4n) is 3.53. The molecule has 1 aromatic heterocycles. The van der Waals surface area contributed by atoms with Gasteiger partial charge in [0.05, 0.1) is 24.8 Å². The number of carbonyl (C=O) groups excluding carboxylic acids is 1. The molecule has 30 heavy (non-hydrogen) atoms. The van der Waals surface area contributed by atoms with Crippen LogP contribution in [0.25, 0.3) is 0 Å². The van der Waals surface area contributed by atoms with E-state index >= 15 is 0 Å². The summed E-state index contributed by atoms with van der Waals surface area (Å²) in [5, 5.41) is 11.0. The Balaban J connectivity index is 0.00000320. The van der Waals surface area contributed by atoms with Crippen molar-refractivity contribution in [3.63, 3.8) is 0 Å². The normalized spacial score (nSPS) is 17.8. The van der Waals surface area contributed by atoms with Gasteiger partial charge in [-0.25, -0.2) is 0 Å². The van der Waals surface area contributed by atoms with E-state index in [4.69, 9.17) is 4.99 Å². The lowest BCUT2D eigenvalue weighted by Crippen LogP contribution is -2.45. The first-order valence-corrected chi connectivity index (χ1v) is 10.0. The van der Waals surface area contributed by atoms with Crippen LogP contribution in [0.15, 0.2) is 47.7 Å². The summed E-state index contributed by atoms with van der Waals surface area (Å²) in [4.78, 5) is 21.2. The number of aliphatic imine (C=N–C) groups is 1. The molecule has 1 aliphatic rings. The van der Waals surface area contributed by atoms with Crippen molar-refractivity contribution >= 4 is 41.5 Å².